The van der Waals surface area contributed by atoms with Crippen LogP contribution in [0.3, 0.4) is 0 Å². The molecule has 3 rings (SSSR count). The molecule has 1 fully saturated rings. The number of aromatic nitrogens is 4. The first-order valence-electron chi connectivity index (χ1n) is 5.70. The predicted molar refractivity (Wildman–Crippen MR) is 61.3 cm³/mol. The van der Waals surface area contributed by atoms with Crippen LogP contribution in [0.25, 0.3) is 11.2 Å². The number of imidazole rings is 1. The number of rotatable bonds is 2. The van der Waals surface area contributed by atoms with Crippen molar-refractivity contribution in [1.29, 1.82) is 0 Å². The maximum atomic E-state index is 13.2. The Kier molecular flexibility index (Phi) is 2.81. The van der Waals surface area contributed by atoms with Crippen LogP contribution in [-0.4, -0.2) is 48.5 Å². The first-order chi connectivity index (χ1) is 9.10. The molecule has 1 aliphatic heterocycles. The molecule has 19 heavy (non-hydrogen) atoms. The van der Waals surface area contributed by atoms with E-state index in [0.29, 0.717) is 0 Å². The minimum absolute atomic E-state index is 0.0569. The Morgan fingerprint density at radius 2 is 2.32 bits per heavy atom. The third-order valence-corrected chi connectivity index (χ3v) is 3.12. The molecule has 2 aromatic rings. The van der Waals surface area contributed by atoms with Crippen molar-refractivity contribution in [2.75, 3.05) is 12.3 Å². The van der Waals surface area contributed by atoms with Crippen molar-refractivity contribution >= 4 is 17.0 Å². The van der Waals surface area contributed by atoms with E-state index < -0.39 is 24.5 Å². The Bertz CT molecular complexity index is 618. The lowest BCUT2D eigenvalue weighted by molar-refractivity contribution is -0.0432. The summed E-state index contributed by atoms with van der Waals surface area (Å²) >= 11 is 0. The highest BCUT2D eigenvalue weighted by molar-refractivity contribution is 5.81. The van der Waals surface area contributed by atoms with Gasteiger partial charge in [0, 0.05) is 6.42 Å². The van der Waals surface area contributed by atoms with E-state index in [1.54, 1.807) is 0 Å². The second-order valence-electron chi connectivity index (χ2n) is 4.32. The van der Waals surface area contributed by atoms with Crippen LogP contribution >= 0.6 is 0 Å². The number of halogens is 1. The van der Waals surface area contributed by atoms with E-state index in [1.165, 1.54) is 10.9 Å². The molecule has 9 heteroatoms. The molecule has 0 radical (unpaired) electrons. The van der Waals surface area contributed by atoms with Gasteiger partial charge in [-0.15, -0.1) is 0 Å². The molecule has 102 valence electrons. The zero-order valence-corrected chi connectivity index (χ0v) is 9.77. The standard InChI is InChI=1S/C10H12FN5O3/c11-10-14-8(12)7-9(15-10)16(3-13-7)6-1-4(18)5(2-17)19-6/h3-6,17-18H,1-2H2,(H2,12,14,15)/t4-,5+,6-/m1/s1. The normalized spacial score (nSPS) is 27.2. The van der Waals surface area contributed by atoms with E-state index in [9.17, 15) is 9.50 Å². The maximum absolute atomic E-state index is 13.2. The number of anilines is 1. The zero-order valence-electron chi connectivity index (χ0n) is 9.77. The number of ether oxygens (including phenoxy) is 1. The first-order valence-corrected chi connectivity index (χ1v) is 5.70. The highest BCUT2D eigenvalue weighted by atomic mass is 19.1. The minimum Gasteiger partial charge on any atom is -0.394 e. The highest BCUT2D eigenvalue weighted by Gasteiger charge is 2.35. The van der Waals surface area contributed by atoms with Gasteiger partial charge in [0.05, 0.1) is 19.0 Å². The van der Waals surface area contributed by atoms with Gasteiger partial charge in [-0.3, -0.25) is 4.57 Å². The largest absolute Gasteiger partial charge is 0.394 e. The topological polar surface area (TPSA) is 119 Å². The third kappa shape index (κ3) is 1.91. The molecular weight excluding hydrogens is 257 g/mol. The summed E-state index contributed by atoms with van der Waals surface area (Å²) in [4.78, 5) is 11.0. The summed E-state index contributed by atoms with van der Waals surface area (Å²) in [7, 11) is 0. The fraction of sp³-hybridized carbons (Fsp3) is 0.500. The van der Waals surface area contributed by atoms with E-state index in [-0.39, 0.29) is 30.0 Å². The quantitative estimate of drug-likeness (QED) is 0.610. The molecule has 1 saturated heterocycles. The lowest BCUT2D eigenvalue weighted by atomic mass is 10.2. The average molecular weight is 269 g/mol. The molecule has 1 aliphatic rings. The molecule has 0 aromatic carbocycles. The molecule has 0 spiro atoms. The van der Waals surface area contributed by atoms with Crippen molar-refractivity contribution < 1.29 is 19.3 Å². The molecule has 0 aliphatic carbocycles. The van der Waals surface area contributed by atoms with Crippen LogP contribution in [0, 0.1) is 6.08 Å². The Balaban J connectivity index is 2.02. The fourth-order valence-corrected chi connectivity index (χ4v) is 2.17. The molecule has 4 N–H and O–H groups in total. The monoisotopic (exact) mass is 269 g/mol. The fourth-order valence-electron chi connectivity index (χ4n) is 2.17. The van der Waals surface area contributed by atoms with Gasteiger partial charge in [-0.1, -0.05) is 0 Å². The van der Waals surface area contributed by atoms with Crippen molar-refractivity contribution in [1.82, 2.24) is 19.5 Å². The van der Waals surface area contributed by atoms with E-state index in [0.717, 1.165) is 0 Å². The van der Waals surface area contributed by atoms with Gasteiger partial charge < -0.3 is 20.7 Å². The lowest BCUT2D eigenvalue weighted by Crippen LogP contribution is -2.24. The van der Waals surface area contributed by atoms with Gasteiger partial charge in [0.1, 0.15) is 12.3 Å². The summed E-state index contributed by atoms with van der Waals surface area (Å²) in [5.41, 5.74) is 6.02. The molecule has 0 unspecified atom stereocenters. The Morgan fingerprint density at radius 1 is 1.53 bits per heavy atom. The van der Waals surface area contributed by atoms with Crippen LogP contribution in [0.4, 0.5) is 10.2 Å². The Morgan fingerprint density at radius 3 is 3.00 bits per heavy atom. The summed E-state index contributed by atoms with van der Waals surface area (Å²) < 4.78 is 20.1. The molecule has 0 saturated carbocycles. The molecule has 3 atom stereocenters. The van der Waals surface area contributed by atoms with E-state index in [4.69, 9.17) is 15.6 Å². The van der Waals surface area contributed by atoms with Crippen LogP contribution in [0.5, 0.6) is 0 Å². The molecular formula is C10H12FN5O3. The Hall–Kier alpha value is -1.84. The SMILES string of the molecule is Nc1nc(F)nc2c1ncn2[C@H]1C[C@@H](O)[C@H](CO)O1. The number of hydrogen-bond donors (Lipinski definition) is 3. The number of hydrogen-bond acceptors (Lipinski definition) is 7. The summed E-state index contributed by atoms with van der Waals surface area (Å²) in [5.74, 6) is -0.0569. The zero-order chi connectivity index (χ0) is 13.6. The summed E-state index contributed by atoms with van der Waals surface area (Å²) in [6.07, 6.45) is -1.35. The minimum atomic E-state index is -0.955. The number of aliphatic hydroxyl groups is 2. The summed E-state index contributed by atoms with van der Waals surface area (Å²) in [6.45, 7) is -0.296. The molecule has 8 nitrogen and oxygen atoms in total. The van der Waals surface area contributed by atoms with Gasteiger partial charge in [-0.2, -0.15) is 14.4 Å². The second-order valence-corrected chi connectivity index (χ2v) is 4.32. The predicted octanol–water partition coefficient (Wildman–Crippen LogP) is -0.812. The number of nitrogens with two attached hydrogens (primary N) is 1. The summed E-state index contributed by atoms with van der Waals surface area (Å²) in [6, 6.07) is 0. The van der Waals surface area contributed by atoms with Crippen LogP contribution in [-0.2, 0) is 4.74 Å². The summed E-state index contributed by atoms with van der Waals surface area (Å²) in [5, 5.41) is 18.7. The third-order valence-electron chi connectivity index (χ3n) is 3.12. The first kappa shape index (κ1) is 12.2. The van der Waals surface area contributed by atoms with E-state index in [1.807, 2.05) is 0 Å². The lowest BCUT2D eigenvalue weighted by Gasteiger charge is -2.13. The number of nitrogens with zero attached hydrogens (tertiary/aromatic N) is 4. The van der Waals surface area contributed by atoms with E-state index in [2.05, 4.69) is 15.0 Å². The van der Waals surface area contributed by atoms with Gasteiger partial charge in [-0.05, 0) is 0 Å². The second kappa shape index (κ2) is 4.37. The van der Waals surface area contributed by atoms with Crippen molar-refractivity contribution in [3.63, 3.8) is 0 Å². The van der Waals surface area contributed by atoms with Crippen molar-refractivity contribution in [3.8, 4) is 0 Å². The van der Waals surface area contributed by atoms with Crippen molar-refractivity contribution in [3.05, 3.63) is 12.4 Å². The van der Waals surface area contributed by atoms with Gasteiger partial charge in [-0.25, -0.2) is 4.98 Å². The molecule has 0 amide bonds. The number of fused-ring (bicyclic) bond motifs is 1. The number of aliphatic hydroxyl groups excluding tert-OH is 2. The van der Waals surface area contributed by atoms with Gasteiger partial charge in [0.2, 0.25) is 0 Å². The Labute approximate surface area is 106 Å². The molecule has 2 aromatic heterocycles. The smallest absolute Gasteiger partial charge is 0.312 e. The van der Waals surface area contributed by atoms with Crippen molar-refractivity contribution in [2.24, 2.45) is 0 Å². The van der Waals surface area contributed by atoms with Crippen molar-refractivity contribution in [2.45, 2.75) is 24.9 Å². The molecule has 3 heterocycles. The maximum Gasteiger partial charge on any atom is 0.312 e. The number of nitrogen functional groups attached to an aromatic ring is 1. The van der Waals surface area contributed by atoms with Gasteiger partial charge in [0.15, 0.2) is 17.0 Å². The van der Waals surface area contributed by atoms with Crippen LogP contribution in [0.2, 0.25) is 0 Å². The average Bonchev–Trinajstić information content (AvgIpc) is 2.92. The van der Waals surface area contributed by atoms with Crippen LogP contribution in [0.15, 0.2) is 6.33 Å². The molecule has 0 bridgehead atoms. The van der Waals surface area contributed by atoms with Crippen LogP contribution < -0.4 is 5.73 Å². The van der Waals surface area contributed by atoms with Gasteiger partial charge >= 0.3 is 6.08 Å². The van der Waals surface area contributed by atoms with Crippen LogP contribution in [0.1, 0.15) is 12.6 Å². The van der Waals surface area contributed by atoms with Gasteiger partial charge in [0.25, 0.3) is 0 Å². The highest BCUT2D eigenvalue weighted by Crippen LogP contribution is 2.31. The van der Waals surface area contributed by atoms with E-state index >= 15 is 0 Å².